The van der Waals surface area contributed by atoms with Gasteiger partial charge in [-0.1, -0.05) is 88.1 Å². The first-order chi connectivity index (χ1) is 13.3. The molecule has 146 valence electrons. The van der Waals surface area contributed by atoms with Crippen molar-refractivity contribution >= 4 is 0 Å². The number of rotatable bonds is 9. The van der Waals surface area contributed by atoms with Crippen LogP contribution in [0.5, 0.6) is 0 Å². The Hall–Kier alpha value is -1.64. The first-order valence-corrected chi connectivity index (χ1v) is 10.7. The number of aryl methyl sites for hydroxylation is 1. The second-order valence-electron chi connectivity index (χ2n) is 7.67. The van der Waals surface area contributed by atoms with Crippen LogP contribution in [-0.4, -0.2) is 19.3 Å². The van der Waals surface area contributed by atoms with Crippen LogP contribution in [0.3, 0.4) is 0 Å². The molecule has 27 heavy (non-hydrogen) atoms. The van der Waals surface area contributed by atoms with Crippen LogP contribution in [0.4, 0.5) is 0 Å². The molecule has 1 fully saturated rings. The average molecular weight is 367 g/mol. The summed E-state index contributed by atoms with van der Waals surface area (Å²) in [7, 11) is 0. The van der Waals surface area contributed by atoms with E-state index in [1.807, 2.05) is 0 Å². The van der Waals surface area contributed by atoms with Crippen molar-refractivity contribution in [2.45, 2.75) is 71.0 Å². The van der Waals surface area contributed by atoms with Crippen LogP contribution in [0.2, 0.25) is 0 Å². The van der Waals surface area contributed by atoms with Gasteiger partial charge in [-0.15, -0.1) is 0 Å². The minimum Gasteiger partial charge on any atom is -0.373 e. The van der Waals surface area contributed by atoms with E-state index in [0.29, 0.717) is 13.2 Å². The van der Waals surface area contributed by atoms with Gasteiger partial charge in [-0.25, -0.2) is 0 Å². The number of benzene rings is 2. The molecule has 0 unspecified atom stereocenters. The Morgan fingerprint density at radius 1 is 0.741 bits per heavy atom. The van der Waals surface area contributed by atoms with Crippen LogP contribution >= 0.6 is 0 Å². The highest BCUT2D eigenvalue weighted by Crippen LogP contribution is 2.27. The van der Waals surface area contributed by atoms with Crippen LogP contribution in [-0.2, 0) is 15.9 Å². The SMILES string of the molecule is CCCCCCCc1ccc(-c2ccc([C@@H]3CO[C@@H](CC)CO3)cc2)cc1. The molecule has 2 nitrogen and oxygen atoms in total. The third-order valence-electron chi connectivity index (χ3n) is 5.56. The lowest BCUT2D eigenvalue weighted by Gasteiger charge is -2.29. The normalized spacial score (nSPS) is 19.9. The van der Waals surface area contributed by atoms with Gasteiger partial charge in [0.05, 0.1) is 19.3 Å². The molecular formula is C25H34O2. The lowest BCUT2D eigenvalue weighted by molar-refractivity contribution is -0.135. The van der Waals surface area contributed by atoms with E-state index in [4.69, 9.17) is 9.47 Å². The van der Waals surface area contributed by atoms with Crippen LogP contribution in [0, 0.1) is 0 Å². The first kappa shape index (κ1) is 20.1. The molecule has 0 aromatic heterocycles. The van der Waals surface area contributed by atoms with Crippen LogP contribution in [0.1, 0.15) is 69.6 Å². The molecule has 1 aliphatic rings. The summed E-state index contributed by atoms with van der Waals surface area (Å²) in [4.78, 5) is 0. The Morgan fingerprint density at radius 2 is 1.41 bits per heavy atom. The Balaban J connectivity index is 1.52. The molecule has 1 aliphatic heterocycles. The monoisotopic (exact) mass is 366 g/mol. The van der Waals surface area contributed by atoms with Crippen molar-refractivity contribution in [1.82, 2.24) is 0 Å². The topological polar surface area (TPSA) is 18.5 Å². The fourth-order valence-corrected chi connectivity index (χ4v) is 3.66. The highest BCUT2D eigenvalue weighted by Gasteiger charge is 2.22. The number of hydrogen-bond donors (Lipinski definition) is 0. The third-order valence-corrected chi connectivity index (χ3v) is 5.56. The summed E-state index contributed by atoms with van der Waals surface area (Å²) in [5.41, 5.74) is 5.20. The first-order valence-electron chi connectivity index (χ1n) is 10.7. The van der Waals surface area contributed by atoms with Crippen LogP contribution in [0.15, 0.2) is 48.5 Å². The van der Waals surface area contributed by atoms with E-state index in [9.17, 15) is 0 Å². The molecule has 2 aromatic rings. The van der Waals surface area contributed by atoms with Crippen molar-refractivity contribution in [2.24, 2.45) is 0 Å². The Kier molecular flexibility index (Phi) is 7.92. The highest BCUT2D eigenvalue weighted by atomic mass is 16.6. The molecule has 0 saturated carbocycles. The highest BCUT2D eigenvalue weighted by molar-refractivity contribution is 5.64. The fourth-order valence-electron chi connectivity index (χ4n) is 3.66. The quantitative estimate of drug-likeness (QED) is 0.458. The standard InChI is InChI=1S/C25H34O2/c1-3-5-6-7-8-9-20-10-12-21(13-11-20)22-14-16-23(17-15-22)25-19-26-24(4-2)18-27-25/h10-17,24-25H,3-9,18-19H2,1-2H3/t24-,25-/m0/s1. The maximum Gasteiger partial charge on any atom is 0.106 e. The average Bonchev–Trinajstić information content (AvgIpc) is 2.74. The van der Waals surface area contributed by atoms with Gasteiger partial charge >= 0.3 is 0 Å². The maximum absolute atomic E-state index is 5.97. The molecule has 3 rings (SSSR count). The van der Waals surface area contributed by atoms with Gasteiger partial charge in [0.15, 0.2) is 0 Å². The van der Waals surface area contributed by atoms with Crippen molar-refractivity contribution in [3.05, 3.63) is 59.7 Å². The summed E-state index contributed by atoms with van der Waals surface area (Å²) in [6, 6.07) is 17.8. The van der Waals surface area contributed by atoms with E-state index in [1.54, 1.807) is 0 Å². The second-order valence-corrected chi connectivity index (χ2v) is 7.67. The van der Waals surface area contributed by atoms with Crippen molar-refractivity contribution in [3.63, 3.8) is 0 Å². The zero-order valence-corrected chi connectivity index (χ0v) is 17.0. The lowest BCUT2D eigenvalue weighted by Crippen LogP contribution is -2.30. The minimum absolute atomic E-state index is 0.0666. The summed E-state index contributed by atoms with van der Waals surface area (Å²) in [5, 5.41) is 0. The van der Waals surface area contributed by atoms with E-state index in [1.165, 1.54) is 60.8 Å². The van der Waals surface area contributed by atoms with E-state index in [0.717, 1.165) is 6.42 Å². The largest absolute Gasteiger partial charge is 0.373 e. The summed E-state index contributed by atoms with van der Waals surface area (Å²) >= 11 is 0. The van der Waals surface area contributed by atoms with Gasteiger partial charge in [0.1, 0.15) is 6.10 Å². The lowest BCUT2D eigenvalue weighted by atomic mass is 9.99. The van der Waals surface area contributed by atoms with Gasteiger partial charge in [-0.05, 0) is 41.5 Å². The number of ether oxygens (including phenoxy) is 2. The van der Waals surface area contributed by atoms with Crippen molar-refractivity contribution in [1.29, 1.82) is 0 Å². The zero-order valence-electron chi connectivity index (χ0n) is 17.0. The van der Waals surface area contributed by atoms with Crippen molar-refractivity contribution < 1.29 is 9.47 Å². The zero-order chi connectivity index (χ0) is 18.9. The fraction of sp³-hybridized carbons (Fsp3) is 0.520. The molecular weight excluding hydrogens is 332 g/mol. The molecule has 2 aromatic carbocycles. The predicted molar refractivity (Wildman–Crippen MR) is 113 cm³/mol. The summed E-state index contributed by atoms with van der Waals surface area (Å²) in [6.45, 7) is 5.76. The Bertz CT molecular complexity index is 652. The molecule has 0 N–H and O–H groups in total. The van der Waals surface area contributed by atoms with Gasteiger partial charge < -0.3 is 9.47 Å². The summed E-state index contributed by atoms with van der Waals surface area (Å²) in [6.07, 6.45) is 9.23. The van der Waals surface area contributed by atoms with Gasteiger partial charge in [-0.3, -0.25) is 0 Å². The van der Waals surface area contributed by atoms with Gasteiger partial charge in [0, 0.05) is 0 Å². The van der Waals surface area contributed by atoms with E-state index < -0.39 is 0 Å². The molecule has 0 aliphatic carbocycles. The number of unbranched alkanes of at least 4 members (excludes halogenated alkanes) is 4. The maximum atomic E-state index is 5.97. The smallest absolute Gasteiger partial charge is 0.106 e. The predicted octanol–water partition coefficient (Wildman–Crippen LogP) is 6.73. The minimum atomic E-state index is 0.0666. The van der Waals surface area contributed by atoms with Crippen LogP contribution < -0.4 is 0 Å². The Labute approximate surface area is 164 Å². The molecule has 2 heteroatoms. The number of hydrogen-bond acceptors (Lipinski definition) is 2. The molecule has 2 atom stereocenters. The summed E-state index contributed by atoms with van der Waals surface area (Å²) in [5.74, 6) is 0. The Morgan fingerprint density at radius 3 is 2.00 bits per heavy atom. The summed E-state index contributed by atoms with van der Waals surface area (Å²) < 4.78 is 11.8. The molecule has 1 heterocycles. The molecule has 0 radical (unpaired) electrons. The third kappa shape index (κ3) is 5.92. The molecule has 0 spiro atoms. The van der Waals surface area contributed by atoms with Crippen LogP contribution in [0.25, 0.3) is 11.1 Å². The van der Waals surface area contributed by atoms with Crippen molar-refractivity contribution in [2.75, 3.05) is 13.2 Å². The van der Waals surface area contributed by atoms with E-state index >= 15 is 0 Å². The van der Waals surface area contributed by atoms with Gasteiger partial charge in [0.2, 0.25) is 0 Å². The van der Waals surface area contributed by atoms with E-state index in [-0.39, 0.29) is 12.2 Å². The molecule has 0 amide bonds. The van der Waals surface area contributed by atoms with Gasteiger partial charge in [0.25, 0.3) is 0 Å². The second kappa shape index (κ2) is 10.6. The molecule has 0 bridgehead atoms. The van der Waals surface area contributed by atoms with Crippen molar-refractivity contribution in [3.8, 4) is 11.1 Å². The van der Waals surface area contributed by atoms with Gasteiger partial charge in [-0.2, -0.15) is 0 Å². The van der Waals surface area contributed by atoms with E-state index in [2.05, 4.69) is 62.4 Å². The molecule has 1 saturated heterocycles.